The minimum absolute atomic E-state index is 0.609. The van der Waals surface area contributed by atoms with Crippen molar-refractivity contribution in [3.8, 4) is 0 Å². The molecule has 1 N–H and O–H groups in total. The molecular weight excluding hydrogens is 198 g/mol. The number of aromatic amines is 1. The summed E-state index contributed by atoms with van der Waals surface area (Å²) in [5.41, 5.74) is 0.772. The highest BCUT2D eigenvalue weighted by molar-refractivity contribution is 6.30. The first-order valence-electron chi connectivity index (χ1n) is 4.22. The minimum atomic E-state index is 0.609. The maximum absolute atomic E-state index is 5.84. The van der Waals surface area contributed by atoms with Crippen LogP contribution in [-0.2, 0) is 0 Å². The molecular formula is C10H6ClN3. The van der Waals surface area contributed by atoms with Crippen LogP contribution in [0.2, 0.25) is 5.15 Å². The number of nitrogens with one attached hydrogen (secondary N) is 1. The average Bonchev–Trinajstić information content (AvgIpc) is 2.65. The molecule has 0 amide bonds. The summed E-state index contributed by atoms with van der Waals surface area (Å²) >= 11 is 5.84. The predicted molar refractivity (Wildman–Crippen MR) is 56.4 cm³/mol. The van der Waals surface area contributed by atoms with Crippen LogP contribution in [0.15, 0.2) is 30.7 Å². The van der Waals surface area contributed by atoms with Gasteiger partial charge in [0, 0.05) is 34.7 Å². The first-order valence-corrected chi connectivity index (χ1v) is 4.60. The zero-order valence-electron chi connectivity index (χ0n) is 7.16. The van der Waals surface area contributed by atoms with E-state index in [1.165, 1.54) is 0 Å². The molecule has 0 aliphatic rings. The maximum Gasteiger partial charge on any atom is 0.159 e. The molecule has 0 bridgehead atoms. The standard InChI is InChI=1S/C10H6ClN3/c11-9-3-6-4-14-10-7(1-2-12-10)8(6)5-13-9/h1-5,13H. The summed E-state index contributed by atoms with van der Waals surface area (Å²) in [5.74, 6) is 0. The van der Waals surface area contributed by atoms with Crippen molar-refractivity contribution in [1.82, 2.24) is 15.0 Å². The van der Waals surface area contributed by atoms with Gasteiger partial charge in [0.25, 0.3) is 0 Å². The van der Waals surface area contributed by atoms with Crippen LogP contribution in [0.1, 0.15) is 0 Å². The van der Waals surface area contributed by atoms with Gasteiger partial charge in [-0.3, -0.25) is 0 Å². The van der Waals surface area contributed by atoms with Crippen molar-refractivity contribution in [3.05, 3.63) is 35.9 Å². The predicted octanol–water partition coefficient (Wildman–Crippen LogP) is 2.76. The van der Waals surface area contributed by atoms with Crippen molar-refractivity contribution in [2.24, 2.45) is 0 Å². The van der Waals surface area contributed by atoms with Gasteiger partial charge in [-0.15, -0.1) is 0 Å². The molecule has 3 aromatic rings. The molecule has 0 unspecified atom stereocenters. The molecule has 68 valence electrons. The second-order valence-corrected chi connectivity index (χ2v) is 3.50. The summed E-state index contributed by atoms with van der Waals surface area (Å²) < 4.78 is 0. The SMILES string of the molecule is Clc1cc2cnc3nccc3c2c[nH]1. The highest BCUT2D eigenvalue weighted by atomic mass is 35.5. The molecule has 3 heterocycles. The Labute approximate surface area is 84.7 Å². The Bertz CT molecular complexity index is 615. The number of fused-ring (bicyclic) bond motifs is 3. The quantitative estimate of drug-likeness (QED) is 0.571. The van der Waals surface area contributed by atoms with E-state index in [0.717, 1.165) is 21.8 Å². The summed E-state index contributed by atoms with van der Waals surface area (Å²) in [6, 6.07) is 3.81. The Balaban J connectivity index is 2.57. The van der Waals surface area contributed by atoms with Crippen LogP contribution in [0, 0.1) is 0 Å². The van der Waals surface area contributed by atoms with Crippen LogP contribution in [0.5, 0.6) is 0 Å². The fourth-order valence-corrected chi connectivity index (χ4v) is 1.76. The summed E-state index contributed by atoms with van der Waals surface area (Å²) in [7, 11) is 0. The summed E-state index contributed by atoms with van der Waals surface area (Å²) in [6.07, 6.45) is 5.42. The number of hydrogen-bond donors (Lipinski definition) is 1. The van der Waals surface area contributed by atoms with E-state index in [2.05, 4.69) is 15.0 Å². The van der Waals surface area contributed by atoms with Crippen LogP contribution in [0.25, 0.3) is 21.8 Å². The van der Waals surface area contributed by atoms with Crippen LogP contribution < -0.4 is 0 Å². The largest absolute Gasteiger partial charge is 0.352 e. The topological polar surface area (TPSA) is 41.6 Å². The summed E-state index contributed by atoms with van der Waals surface area (Å²) in [5, 5.41) is 3.78. The first-order chi connectivity index (χ1) is 6.84. The molecule has 14 heavy (non-hydrogen) atoms. The van der Waals surface area contributed by atoms with E-state index >= 15 is 0 Å². The Morgan fingerprint density at radius 1 is 1.21 bits per heavy atom. The van der Waals surface area contributed by atoms with Crippen molar-refractivity contribution < 1.29 is 0 Å². The Hall–Kier alpha value is -1.61. The number of H-pyrrole nitrogens is 1. The van der Waals surface area contributed by atoms with Gasteiger partial charge in [0.1, 0.15) is 5.15 Å². The lowest BCUT2D eigenvalue weighted by atomic mass is 10.2. The zero-order chi connectivity index (χ0) is 9.54. The molecule has 0 aliphatic heterocycles. The van der Waals surface area contributed by atoms with Crippen molar-refractivity contribution in [2.75, 3.05) is 0 Å². The van der Waals surface area contributed by atoms with Crippen LogP contribution in [-0.4, -0.2) is 15.0 Å². The van der Waals surface area contributed by atoms with E-state index < -0.39 is 0 Å². The molecule has 0 aromatic carbocycles. The third kappa shape index (κ3) is 0.992. The van der Waals surface area contributed by atoms with Crippen molar-refractivity contribution in [3.63, 3.8) is 0 Å². The van der Waals surface area contributed by atoms with E-state index in [0.29, 0.717) is 5.15 Å². The smallest absolute Gasteiger partial charge is 0.159 e. The van der Waals surface area contributed by atoms with Crippen LogP contribution in [0.3, 0.4) is 0 Å². The van der Waals surface area contributed by atoms with Crippen molar-refractivity contribution in [2.45, 2.75) is 0 Å². The number of rotatable bonds is 0. The van der Waals surface area contributed by atoms with Gasteiger partial charge in [0.15, 0.2) is 5.65 Å². The molecule has 0 aliphatic carbocycles. The van der Waals surface area contributed by atoms with E-state index in [1.54, 1.807) is 12.4 Å². The molecule has 0 radical (unpaired) electrons. The van der Waals surface area contributed by atoms with Gasteiger partial charge in [-0.1, -0.05) is 11.6 Å². The van der Waals surface area contributed by atoms with Gasteiger partial charge < -0.3 is 4.98 Å². The van der Waals surface area contributed by atoms with Gasteiger partial charge >= 0.3 is 0 Å². The lowest BCUT2D eigenvalue weighted by Gasteiger charge is -1.99. The molecule has 3 aromatic heterocycles. The molecule has 3 nitrogen and oxygen atoms in total. The van der Waals surface area contributed by atoms with Crippen LogP contribution in [0.4, 0.5) is 0 Å². The Morgan fingerprint density at radius 2 is 2.14 bits per heavy atom. The average molecular weight is 204 g/mol. The summed E-state index contributed by atoms with van der Waals surface area (Å²) in [4.78, 5) is 11.3. The molecule has 0 saturated heterocycles. The first kappa shape index (κ1) is 7.76. The number of halogens is 1. The fraction of sp³-hybridized carbons (Fsp3) is 0. The zero-order valence-corrected chi connectivity index (χ0v) is 7.92. The lowest BCUT2D eigenvalue weighted by Crippen LogP contribution is -1.81. The van der Waals surface area contributed by atoms with E-state index in [1.807, 2.05) is 18.3 Å². The molecule has 4 heteroatoms. The second-order valence-electron chi connectivity index (χ2n) is 3.09. The molecule has 0 saturated carbocycles. The monoisotopic (exact) mass is 203 g/mol. The number of aromatic nitrogens is 3. The van der Waals surface area contributed by atoms with Crippen molar-refractivity contribution in [1.29, 1.82) is 0 Å². The maximum atomic E-state index is 5.84. The van der Waals surface area contributed by atoms with E-state index in [-0.39, 0.29) is 0 Å². The number of hydrogen-bond acceptors (Lipinski definition) is 2. The number of pyridine rings is 2. The fourth-order valence-electron chi connectivity index (χ4n) is 1.59. The third-order valence-corrected chi connectivity index (χ3v) is 2.46. The van der Waals surface area contributed by atoms with Gasteiger partial charge in [-0.2, -0.15) is 0 Å². The highest BCUT2D eigenvalue weighted by Gasteiger charge is 2.02. The van der Waals surface area contributed by atoms with Gasteiger partial charge in [-0.25, -0.2) is 9.97 Å². The van der Waals surface area contributed by atoms with Crippen LogP contribution >= 0.6 is 11.6 Å². The van der Waals surface area contributed by atoms with E-state index in [4.69, 9.17) is 11.6 Å². The van der Waals surface area contributed by atoms with Gasteiger partial charge in [0.05, 0.1) is 0 Å². The minimum Gasteiger partial charge on any atom is -0.352 e. The Morgan fingerprint density at radius 3 is 3.07 bits per heavy atom. The molecule has 3 rings (SSSR count). The summed E-state index contributed by atoms with van der Waals surface area (Å²) in [6.45, 7) is 0. The highest BCUT2D eigenvalue weighted by Crippen LogP contribution is 2.23. The molecule has 0 atom stereocenters. The second kappa shape index (κ2) is 2.69. The third-order valence-electron chi connectivity index (χ3n) is 2.24. The number of nitrogens with zero attached hydrogens (tertiary/aromatic N) is 2. The van der Waals surface area contributed by atoms with E-state index in [9.17, 15) is 0 Å². The molecule has 0 spiro atoms. The normalized spacial score (nSPS) is 11.2. The molecule has 0 fully saturated rings. The van der Waals surface area contributed by atoms with Crippen molar-refractivity contribution >= 4 is 33.4 Å². The van der Waals surface area contributed by atoms with Gasteiger partial charge in [0.2, 0.25) is 0 Å². The van der Waals surface area contributed by atoms with Gasteiger partial charge in [-0.05, 0) is 12.1 Å². The Kier molecular flexibility index (Phi) is 1.49. The lowest BCUT2D eigenvalue weighted by molar-refractivity contribution is 1.32.